The first-order valence-corrected chi connectivity index (χ1v) is 38.5. The molecule has 8 aromatic carbocycles. The summed E-state index contributed by atoms with van der Waals surface area (Å²) in [5.74, 6) is -4.16. The number of hydrogen-bond acceptors (Lipinski definition) is 32. The minimum Gasteiger partial charge on any atom is -0.744 e. The van der Waals surface area contributed by atoms with Crippen LogP contribution in [0.3, 0.4) is 0 Å². The summed E-state index contributed by atoms with van der Waals surface area (Å²) in [6, 6.07) is 23.2. The van der Waals surface area contributed by atoms with Gasteiger partial charge in [-0.25, -0.2) is 33.7 Å². The summed E-state index contributed by atoms with van der Waals surface area (Å²) in [5.41, 5.74) is -0.721. The normalized spacial score (nSPS) is 14.2. The molecule has 8 N–H and O–H groups in total. The molecule has 10 rings (SSSR count). The van der Waals surface area contributed by atoms with Crippen molar-refractivity contribution in [2.45, 2.75) is 43.2 Å². The van der Waals surface area contributed by atoms with Crippen LogP contribution in [-0.2, 0) is 90.5 Å². The maximum absolute atomic E-state index is 13.8. The Labute approximate surface area is 688 Å². The van der Waals surface area contributed by atoms with E-state index < -0.39 is 177 Å². The number of hydrazone groups is 2. The van der Waals surface area contributed by atoms with E-state index in [0.717, 1.165) is 86.6 Å². The second kappa shape index (κ2) is 34.2. The maximum Gasteiger partial charge on any atom is 1.00 e. The molecule has 2 aliphatic carbocycles. The van der Waals surface area contributed by atoms with Gasteiger partial charge in [-0.15, -0.1) is 10.2 Å². The molecule has 0 saturated heterocycles. The zero-order chi connectivity index (χ0) is 75.4. The van der Waals surface area contributed by atoms with Crippen molar-refractivity contribution in [1.29, 1.82) is 0 Å². The number of anilines is 4. The Kier molecular flexibility index (Phi) is 29.0. The third-order valence-corrected chi connectivity index (χ3v) is 20.8. The van der Waals surface area contributed by atoms with E-state index in [2.05, 4.69) is 52.1 Å². The second-order valence-electron chi connectivity index (χ2n) is 20.8. The van der Waals surface area contributed by atoms with Crippen molar-refractivity contribution in [3.05, 3.63) is 166 Å². The molecule has 38 nitrogen and oxygen atoms in total. The Morgan fingerprint density at radius 1 is 0.358 bits per heavy atom. The van der Waals surface area contributed by atoms with Gasteiger partial charge >= 0.3 is 118 Å². The summed E-state index contributed by atoms with van der Waals surface area (Å²) in [7, 11) is -40.5. The van der Waals surface area contributed by atoms with Crippen molar-refractivity contribution in [1.82, 2.24) is 0 Å². The van der Waals surface area contributed by atoms with Gasteiger partial charge in [0.2, 0.25) is 23.4 Å². The first kappa shape index (κ1) is 90.1. The zero-order valence-corrected chi connectivity index (χ0v) is 68.9. The molecule has 2 aliphatic rings. The predicted octanol–water partition coefficient (Wildman–Crippen LogP) is -5.66. The monoisotopic (exact) mass is 1650 g/mol. The van der Waals surface area contributed by atoms with Crippen LogP contribution in [0.2, 0.25) is 0 Å². The van der Waals surface area contributed by atoms with Crippen LogP contribution < -0.4 is 140 Å². The Morgan fingerprint density at radius 2 is 0.651 bits per heavy atom. The molecule has 106 heavy (non-hydrogen) atoms. The molecule has 0 heterocycles. The van der Waals surface area contributed by atoms with Crippen LogP contribution in [0, 0.1) is 0 Å². The van der Waals surface area contributed by atoms with Crippen molar-refractivity contribution in [3.8, 4) is 0 Å². The number of hydrogen-bond donors (Lipinski definition) is 8. The number of amides is 2. The number of benzene rings is 8. The van der Waals surface area contributed by atoms with E-state index in [1.807, 2.05) is 0 Å². The number of fused-ring (bicyclic) bond motifs is 4. The molecule has 0 atom stereocenters. The first-order chi connectivity index (χ1) is 47.1. The van der Waals surface area contributed by atoms with Crippen molar-refractivity contribution >= 4 is 195 Å². The third-order valence-electron chi connectivity index (χ3n) is 13.9. The Morgan fingerprint density at radius 3 is 0.925 bits per heavy atom. The predicted molar refractivity (Wildman–Crippen MR) is 352 cm³/mol. The van der Waals surface area contributed by atoms with Gasteiger partial charge in [0.15, 0.2) is 11.4 Å². The number of carbonyl (C=O) groups is 4. The van der Waals surface area contributed by atoms with Crippen LogP contribution in [-0.4, -0.2) is 139 Å². The van der Waals surface area contributed by atoms with Gasteiger partial charge in [0, 0.05) is 46.5 Å². The Balaban J connectivity index is 0.000000367. The molecule has 0 aromatic heterocycles. The molecule has 532 valence electrons. The largest absolute Gasteiger partial charge is 1.00 e. The topological polar surface area (TPSA) is 637 Å². The molecule has 50 heteroatoms. The quantitative estimate of drug-likeness (QED) is 0.0172. The van der Waals surface area contributed by atoms with Crippen molar-refractivity contribution < 1.29 is 241 Å². The number of allylic oxidation sites excluding steroid dienone is 2. The van der Waals surface area contributed by atoms with Crippen LogP contribution >= 0.6 is 0 Å². The maximum atomic E-state index is 13.8. The smallest absolute Gasteiger partial charge is 0.744 e. The summed E-state index contributed by atoms with van der Waals surface area (Å²) in [6.07, 6.45) is 1.06. The summed E-state index contributed by atoms with van der Waals surface area (Å²) in [6.45, 7) is 2.10. The average molecular weight is 1650 g/mol. The first-order valence-electron chi connectivity index (χ1n) is 27.1. The summed E-state index contributed by atoms with van der Waals surface area (Å²) in [4.78, 5) is 44.3. The van der Waals surface area contributed by atoms with Crippen LogP contribution in [0.5, 0.6) is 0 Å². The van der Waals surface area contributed by atoms with Gasteiger partial charge in [-0.3, -0.25) is 48.2 Å². The molecular weight excluding hydrogens is 1610 g/mol. The van der Waals surface area contributed by atoms with E-state index in [-0.39, 0.29) is 185 Å². The van der Waals surface area contributed by atoms with Gasteiger partial charge in [-0.2, -0.15) is 54.1 Å². The fourth-order valence-electron chi connectivity index (χ4n) is 9.60. The third kappa shape index (κ3) is 21.1. The van der Waals surface area contributed by atoms with Crippen molar-refractivity contribution in [3.63, 3.8) is 0 Å². The van der Waals surface area contributed by atoms with E-state index in [1.165, 1.54) is 60.7 Å². The summed E-state index contributed by atoms with van der Waals surface area (Å²) in [5, 5.41) is 28.2. The van der Waals surface area contributed by atoms with E-state index in [1.54, 1.807) is 0 Å². The van der Waals surface area contributed by atoms with E-state index in [0.29, 0.717) is 12.2 Å². The molecule has 0 fully saturated rings. The van der Waals surface area contributed by atoms with Crippen molar-refractivity contribution in [2.24, 2.45) is 30.7 Å². The number of nitrogens with zero attached hydrogens (tertiary/aromatic N) is 6. The number of azo groups is 2. The molecule has 0 unspecified atom stereocenters. The minimum absolute atomic E-state index is 0. The Hall–Kier alpha value is -6.54. The minimum atomic E-state index is -5.37. The molecule has 8 aromatic rings. The zero-order valence-electron chi connectivity index (χ0n) is 54.4. The Bertz CT molecular complexity index is 5850. The molecule has 0 saturated carbocycles. The van der Waals surface area contributed by atoms with Gasteiger partial charge in [0.25, 0.3) is 40.5 Å². The van der Waals surface area contributed by atoms with Crippen LogP contribution in [0.25, 0.3) is 33.7 Å². The van der Waals surface area contributed by atoms with E-state index in [4.69, 9.17) is 0 Å². The molecular formula is C56H38N10Na4O28S8. The molecule has 0 spiro atoms. The van der Waals surface area contributed by atoms with Gasteiger partial charge in [0.1, 0.15) is 60.1 Å². The fraction of sp³-hybridized carbons (Fsp3) is 0.0357. The molecule has 0 bridgehead atoms. The average Bonchev–Trinajstić information content (AvgIpc) is 0.761. The standard InChI is InChI=1S/2C28H21N5O14S4.4Na/c2*1-14(34)29-23-10-11-24(50(42,43)44)20-13-25(51(45,46)47)27(28(35)26(20)23)33-32-22-9-8-21(18-7-6-17(12-19(18)22)49(39,40)41)31-30-15-2-4-16(5-3-15)48(36,37)38;;;;/h2*2-13,32H,1H3,(H,29,34)(H,36,37,38)(H,39,40,41)(H,42,43,44)(H,45,46,47);;;;/q;;4*+1/p-4/b2*31-30?,33-27+;;;;. The second-order valence-corrected chi connectivity index (χ2v) is 31.8. The number of ketones is 2. The number of rotatable bonds is 18. The fourth-order valence-corrected chi connectivity index (χ4v) is 14.2. The van der Waals surface area contributed by atoms with Gasteiger partial charge in [-0.05, 0) is 133 Å². The number of carbonyl (C=O) groups excluding carboxylic acids is 4. The summed E-state index contributed by atoms with van der Waals surface area (Å²) >= 11 is 0. The van der Waals surface area contributed by atoms with Gasteiger partial charge in [-0.1, -0.05) is 12.1 Å². The molecule has 0 radical (unpaired) electrons. The van der Waals surface area contributed by atoms with Crippen LogP contribution in [0.15, 0.2) is 203 Å². The number of nitrogens with one attached hydrogen (secondary N) is 4. The summed E-state index contributed by atoms with van der Waals surface area (Å²) < 4.78 is 276. The van der Waals surface area contributed by atoms with Gasteiger partial charge in [0.05, 0.1) is 76.2 Å². The number of Topliss-reactive ketones (excluding diaryl/α,β-unsaturated/α-hetero) is 2. The van der Waals surface area contributed by atoms with Crippen molar-refractivity contribution in [2.75, 3.05) is 21.5 Å². The SMILES string of the molecule is CC(=O)Nc1ccc(S(=O)(=O)O)c2c1C(=O)/C(=N/Nc1ccc(N=Nc3ccc(S(=O)(=O)[O-])cc3)c3ccc(S(=O)(=O)[O-])cc13)C(S(=O)(=O)O)=C2.CC(=O)Nc1ccc(S(=O)(=O)O)c2c1C(=O)/C(=N/Nc1ccc(N=Nc3ccc(S(=O)(=O)[O-])cc3)c3ccc(S(=O)(=O)[O-])cc13)C(S(=O)(=O)O)=C2.[Na+].[Na+].[Na+].[Na+]. The van der Waals surface area contributed by atoms with Gasteiger partial charge < -0.3 is 28.8 Å². The van der Waals surface area contributed by atoms with Crippen LogP contribution in [0.4, 0.5) is 45.5 Å². The van der Waals surface area contributed by atoms with Crippen LogP contribution in [0.1, 0.15) is 45.7 Å². The molecule has 2 amide bonds. The molecule has 0 aliphatic heterocycles. The van der Waals surface area contributed by atoms with E-state index in [9.17, 15) is 123 Å². The van der Waals surface area contributed by atoms with E-state index >= 15 is 0 Å².